The van der Waals surface area contributed by atoms with Crippen LogP contribution in [0.25, 0.3) is 0 Å². The summed E-state index contributed by atoms with van der Waals surface area (Å²) in [6.07, 6.45) is 1.88. The zero-order valence-corrected chi connectivity index (χ0v) is 19.3. The first-order valence-electron chi connectivity index (χ1n) is 10.4. The summed E-state index contributed by atoms with van der Waals surface area (Å²) in [6.45, 7) is 9.61. The fourth-order valence-electron chi connectivity index (χ4n) is 2.51. The molecule has 0 saturated heterocycles. The van der Waals surface area contributed by atoms with E-state index >= 15 is 0 Å². The molecule has 32 heavy (non-hydrogen) atoms. The van der Waals surface area contributed by atoms with Crippen molar-refractivity contribution in [2.45, 2.75) is 52.7 Å². The second-order valence-corrected chi connectivity index (χ2v) is 8.29. The Hall–Kier alpha value is -3.54. The van der Waals surface area contributed by atoms with Crippen LogP contribution in [0.4, 0.5) is 20.7 Å². The van der Waals surface area contributed by atoms with Crippen LogP contribution < -0.4 is 10.6 Å². The van der Waals surface area contributed by atoms with Crippen LogP contribution in [0.3, 0.4) is 0 Å². The fraction of sp³-hybridized carbons (Fsp3) is 0.435. The monoisotopic (exact) mass is 443 g/mol. The standard InChI is InChI=1S/C23H30FN5O3/c1-7-12-25-20-17(14-26-28-20)9-8-16-13-18(10-11-19(16)24)27-21(30)15(2)29(6)22(31)32-23(3,4)5/h10-11,13-15H,7,12H2,1-6H3,(H,27,30)(H2,25,26,28)/t15-/m0/s1. The van der Waals surface area contributed by atoms with Crippen LogP contribution in [0.2, 0.25) is 0 Å². The van der Waals surface area contributed by atoms with Crippen molar-refractivity contribution in [3.8, 4) is 11.8 Å². The number of ether oxygens (including phenoxy) is 1. The Morgan fingerprint density at radius 1 is 1.28 bits per heavy atom. The van der Waals surface area contributed by atoms with E-state index < -0.39 is 29.5 Å². The maximum absolute atomic E-state index is 14.3. The van der Waals surface area contributed by atoms with E-state index in [-0.39, 0.29) is 5.56 Å². The van der Waals surface area contributed by atoms with E-state index in [9.17, 15) is 14.0 Å². The second kappa shape index (κ2) is 10.7. The zero-order chi connectivity index (χ0) is 23.9. The Morgan fingerprint density at radius 2 is 1.97 bits per heavy atom. The Bertz CT molecular complexity index is 1020. The number of halogens is 1. The van der Waals surface area contributed by atoms with Gasteiger partial charge in [0.15, 0.2) is 0 Å². The first-order valence-corrected chi connectivity index (χ1v) is 10.4. The molecular formula is C23H30FN5O3. The molecule has 0 aliphatic heterocycles. The molecule has 0 fully saturated rings. The number of nitrogens with one attached hydrogen (secondary N) is 3. The number of carbonyl (C=O) groups is 2. The van der Waals surface area contributed by atoms with Crippen LogP contribution in [0.1, 0.15) is 52.2 Å². The van der Waals surface area contributed by atoms with Crippen LogP contribution in [0, 0.1) is 17.7 Å². The van der Waals surface area contributed by atoms with Crippen LogP contribution in [-0.2, 0) is 9.53 Å². The molecule has 0 aliphatic carbocycles. The number of anilines is 2. The summed E-state index contributed by atoms with van der Waals surface area (Å²) in [7, 11) is 1.48. The first kappa shape index (κ1) is 24.7. The average molecular weight is 444 g/mol. The SMILES string of the molecule is CCCNc1[nH]ncc1C#Cc1cc(NC(=O)[C@H](C)N(C)C(=O)OC(C)(C)C)ccc1F. The van der Waals surface area contributed by atoms with E-state index in [2.05, 4.69) is 32.7 Å². The molecule has 9 heteroatoms. The van der Waals surface area contributed by atoms with E-state index in [0.717, 1.165) is 13.0 Å². The predicted octanol–water partition coefficient (Wildman–Crippen LogP) is 3.96. The molecule has 0 aliphatic rings. The van der Waals surface area contributed by atoms with Gasteiger partial charge in [-0.2, -0.15) is 5.10 Å². The molecule has 1 aromatic heterocycles. The summed E-state index contributed by atoms with van der Waals surface area (Å²) < 4.78 is 19.5. The molecule has 2 aromatic rings. The highest BCUT2D eigenvalue weighted by atomic mass is 19.1. The topological polar surface area (TPSA) is 99.4 Å². The number of likely N-dealkylation sites (N-methyl/N-ethyl adjacent to an activating group) is 1. The number of carbonyl (C=O) groups excluding carboxylic acids is 2. The van der Waals surface area contributed by atoms with Gasteiger partial charge in [0.2, 0.25) is 5.91 Å². The van der Waals surface area contributed by atoms with E-state index in [1.165, 1.54) is 30.1 Å². The van der Waals surface area contributed by atoms with Crippen molar-refractivity contribution in [2.75, 3.05) is 24.2 Å². The third-order valence-corrected chi connectivity index (χ3v) is 4.40. The van der Waals surface area contributed by atoms with Gasteiger partial charge in [-0.25, -0.2) is 9.18 Å². The van der Waals surface area contributed by atoms with Crippen molar-refractivity contribution >= 4 is 23.5 Å². The molecule has 1 aromatic carbocycles. The Kier molecular flexibility index (Phi) is 8.24. The van der Waals surface area contributed by atoms with Crippen molar-refractivity contribution < 1.29 is 18.7 Å². The van der Waals surface area contributed by atoms with Gasteiger partial charge in [-0.3, -0.25) is 14.8 Å². The second-order valence-electron chi connectivity index (χ2n) is 8.29. The number of benzene rings is 1. The molecule has 0 saturated carbocycles. The smallest absolute Gasteiger partial charge is 0.410 e. The quantitative estimate of drug-likeness (QED) is 0.587. The lowest BCUT2D eigenvalue weighted by atomic mass is 10.1. The van der Waals surface area contributed by atoms with Crippen molar-refractivity contribution in [1.29, 1.82) is 0 Å². The molecule has 8 nitrogen and oxygen atoms in total. The van der Waals surface area contributed by atoms with E-state index in [1.54, 1.807) is 33.9 Å². The van der Waals surface area contributed by atoms with Gasteiger partial charge in [0.25, 0.3) is 0 Å². The molecule has 0 bridgehead atoms. The summed E-state index contributed by atoms with van der Waals surface area (Å²) in [5, 5.41) is 12.6. The number of rotatable bonds is 6. The number of aromatic amines is 1. The van der Waals surface area contributed by atoms with Crippen molar-refractivity contribution in [1.82, 2.24) is 15.1 Å². The van der Waals surface area contributed by atoms with E-state index in [4.69, 9.17) is 4.74 Å². The van der Waals surface area contributed by atoms with Crippen LogP contribution in [0.15, 0.2) is 24.4 Å². The Balaban J connectivity index is 2.12. The van der Waals surface area contributed by atoms with Gasteiger partial charge < -0.3 is 15.4 Å². The van der Waals surface area contributed by atoms with Gasteiger partial charge in [0, 0.05) is 19.3 Å². The van der Waals surface area contributed by atoms with Crippen molar-refractivity contribution in [3.63, 3.8) is 0 Å². The molecule has 2 amide bonds. The Morgan fingerprint density at radius 3 is 2.62 bits per heavy atom. The van der Waals surface area contributed by atoms with Crippen LogP contribution in [-0.4, -0.2) is 52.3 Å². The lowest BCUT2D eigenvalue weighted by molar-refractivity contribution is -0.120. The third-order valence-electron chi connectivity index (χ3n) is 4.40. The minimum atomic E-state index is -0.803. The first-order chi connectivity index (χ1) is 15.0. The molecular weight excluding hydrogens is 413 g/mol. The lowest BCUT2D eigenvalue weighted by Gasteiger charge is -2.28. The van der Waals surface area contributed by atoms with Crippen molar-refractivity contribution in [2.24, 2.45) is 0 Å². The van der Waals surface area contributed by atoms with E-state index in [0.29, 0.717) is 17.1 Å². The summed E-state index contributed by atoms with van der Waals surface area (Å²) in [5.41, 5.74) is 0.424. The molecule has 2 rings (SSSR count). The highest BCUT2D eigenvalue weighted by Gasteiger charge is 2.27. The van der Waals surface area contributed by atoms with Gasteiger partial charge >= 0.3 is 6.09 Å². The van der Waals surface area contributed by atoms with Gasteiger partial charge in [-0.1, -0.05) is 18.8 Å². The van der Waals surface area contributed by atoms with Gasteiger partial charge in [-0.15, -0.1) is 0 Å². The van der Waals surface area contributed by atoms with Gasteiger partial charge in [-0.05, 0) is 52.3 Å². The molecule has 1 heterocycles. The number of hydrogen-bond acceptors (Lipinski definition) is 5. The summed E-state index contributed by atoms with van der Waals surface area (Å²) in [6, 6.07) is 3.31. The molecule has 0 unspecified atom stereocenters. The number of H-pyrrole nitrogens is 1. The predicted molar refractivity (Wildman–Crippen MR) is 122 cm³/mol. The number of aromatic nitrogens is 2. The summed E-state index contributed by atoms with van der Waals surface area (Å²) in [4.78, 5) is 26.0. The number of nitrogens with zero attached hydrogens (tertiary/aromatic N) is 2. The largest absolute Gasteiger partial charge is 0.444 e. The van der Waals surface area contributed by atoms with Gasteiger partial charge in [0.1, 0.15) is 23.3 Å². The Labute approximate surface area is 187 Å². The third kappa shape index (κ3) is 7.01. The highest BCUT2D eigenvalue weighted by molar-refractivity contribution is 5.96. The lowest BCUT2D eigenvalue weighted by Crippen LogP contribution is -2.45. The molecule has 0 radical (unpaired) electrons. The highest BCUT2D eigenvalue weighted by Crippen LogP contribution is 2.17. The minimum absolute atomic E-state index is 0.124. The van der Waals surface area contributed by atoms with Crippen LogP contribution >= 0.6 is 0 Å². The zero-order valence-electron chi connectivity index (χ0n) is 19.3. The molecule has 0 spiro atoms. The fourth-order valence-corrected chi connectivity index (χ4v) is 2.51. The normalized spacial score (nSPS) is 11.7. The number of amides is 2. The summed E-state index contributed by atoms with van der Waals surface area (Å²) in [5.74, 6) is 5.39. The number of hydrogen-bond donors (Lipinski definition) is 3. The molecule has 172 valence electrons. The minimum Gasteiger partial charge on any atom is -0.444 e. The molecule has 1 atom stereocenters. The maximum Gasteiger partial charge on any atom is 0.410 e. The van der Waals surface area contributed by atoms with Crippen LogP contribution in [0.5, 0.6) is 0 Å². The van der Waals surface area contributed by atoms with Crippen molar-refractivity contribution in [3.05, 3.63) is 41.3 Å². The molecule has 3 N–H and O–H groups in total. The van der Waals surface area contributed by atoms with E-state index in [1.807, 2.05) is 6.92 Å². The maximum atomic E-state index is 14.3. The average Bonchev–Trinajstić information content (AvgIpc) is 3.17. The summed E-state index contributed by atoms with van der Waals surface area (Å²) >= 11 is 0. The van der Waals surface area contributed by atoms with Gasteiger partial charge in [0.05, 0.1) is 17.3 Å².